The number of Topliss-reactive ketones (excluding diaryl/α,β-unsaturated/α-hetero) is 1. The number of carbonyl (C=O) groups is 2. The van der Waals surface area contributed by atoms with E-state index in [1.807, 2.05) is 6.07 Å². The van der Waals surface area contributed by atoms with Gasteiger partial charge in [0, 0.05) is 6.42 Å². The van der Waals surface area contributed by atoms with Gasteiger partial charge >= 0.3 is 5.97 Å². The molecular weight excluding hydrogens is 297 g/mol. The molecule has 2 atom stereocenters. The number of carbonyl (C=O) groups excluding carboxylic acids is 1. The molecule has 3 N–H and O–H groups in total. The van der Waals surface area contributed by atoms with Crippen LogP contribution in [0.3, 0.4) is 0 Å². The molecule has 0 aliphatic carbocycles. The van der Waals surface area contributed by atoms with Crippen molar-refractivity contribution in [1.29, 1.82) is 0 Å². The smallest absolute Gasteiger partial charge is 0.307 e. The normalized spacial score (nSPS) is 13.3. The molecular formula is C18H18FNO3. The number of aliphatic carboxylic acids is 1. The van der Waals surface area contributed by atoms with Gasteiger partial charge in [0.2, 0.25) is 0 Å². The van der Waals surface area contributed by atoms with Crippen molar-refractivity contribution in [2.45, 2.75) is 18.9 Å². The second kappa shape index (κ2) is 7.65. The molecule has 0 aliphatic heterocycles. The predicted molar refractivity (Wildman–Crippen MR) is 84.2 cm³/mol. The summed E-state index contributed by atoms with van der Waals surface area (Å²) in [5.74, 6) is -2.80. The minimum Gasteiger partial charge on any atom is -0.481 e. The van der Waals surface area contributed by atoms with Crippen LogP contribution < -0.4 is 5.73 Å². The van der Waals surface area contributed by atoms with Crippen molar-refractivity contribution in [3.05, 3.63) is 71.5 Å². The summed E-state index contributed by atoms with van der Waals surface area (Å²) in [6.07, 6.45) is -0.109. The van der Waals surface area contributed by atoms with Crippen LogP contribution in [0.25, 0.3) is 0 Å². The molecule has 2 rings (SSSR count). The van der Waals surface area contributed by atoms with Crippen LogP contribution in [0.4, 0.5) is 4.39 Å². The van der Waals surface area contributed by atoms with Crippen LogP contribution in [-0.4, -0.2) is 16.9 Å². The van der Waals surface area contributed by atoms with Gasteiger partial charge in [-0.1, -0.05) is 42.5 Å². The van der Waals surface area contributed by atoms with Crippen molar-refractivity contribution in [1.82, 2.24) is 0 Å². The first-order valence-electron chi connectivity index (χ1n) is 7.28. The Morgan fingerprint density at radius 2 is 1.78 bits per heavy atom. The Morgan fingerprint density at radius 1 is 1.09 bits per heavy atom. The van der Waals surface area contributed by atoms with Gasteiger partial charge in [0.25, 0.3) is 0 Å². The van der Waals surface area contributed by atoms with Crippen molar-refractivity contribution < 1.29 is 19.1 Å². The van der Waals surface area contributed by atoms with Crippen molar-refractivity contribution in [2.24, 2.45) is 11.7 Å². The first kappa shape index (κ1) is 16.8. The van der Waals surface area contributed by atoms with E-state index >= 15 is 0 Å². The number of hydrogen-bond acceptors (Lipinski definition) is 3. The molecule has 0 radical (unpaired) electrons. The first-order valence-corrected chi connectivity index (χ1v) is 7.28. The predicted octanol–water partition coefficient (Wildman–Crippen LogP) is 2.73. The summed E-state index contributed by atoms with van der Waals surface area (Å²) in [6.45, 7) is 0. The zero-order valence-electron chi connectivity index (χ0n) is 12.5. The highest BCUT2D eigenvalue weighted by Crippen LogP contribution is 2.19. The fourth-order valence-electron chi connectivity index (χ4n) is 2.41. The Hall–Kier alpha value is -2.53. The maximum Gasteiger partial charge on any atom is 0.307 e. The average Bonchev–Trinajstić information content (AvgIpc) is 2.54. The highest BCUT2D eigenvalue weighted by molar-refractivity contribution is 5.88. The average molecular weight is 315 g/mol. The van der Waals surface area contributed by atoms with E-state index in [2.05, 4.69) is 0 Å². The molecule has 0 bridgehead atoms. The third-order valence-electron chi connectivity index (χ3n) is 3.67. The van der Waals surface area contributed by atoms with Gasteiger partial charge in [0.15, 0.2) is 5.78 Å². The second-order valence-corrected chi connectivity index (χ2v) is 5.43. The molecule has 23 heavy (non-hydrogen) atoms. The van der Waals surface area contributed by atoms with Gasteiger partial charge in [-0.25, -0.2) is 4.39 Å². The topological polar surface area (TPSA) is 80.4 Å². The summed E-state index contributed by atoms with van der Waals surface area (Å²) in [6, 6.07) is 13.7. The number of halogens is 1. The van der Waals surface area contributed by atoms with Gasteiger partial charge in [-0.05, 0) is 29.7 Å². The molecule has 0 heterocycles. The van der Waals surface area contributed by atoms with E-state index in [-0.39, 0.29) is 18.6 Å². The largest absolute Gasteiger partial charge is 0.481 e. The summed E-state index contributed by atoms with van der Waals surface area (Å²) in [5, 5.41) is 9.32. The monoisotopic (exact) mass is 315 g/mol. The molecule has 0 spiro atoms. The number of benzene rings is 2. The van der Waals surface area contributed by atoms with E-state index in [1.165, 1.54) is 18.2 Å². The fraction of sp³-hybridized carbons (Fsp3) is 0.222. The van der Waals surface area contributed by atoms with Gasteiger partial charge in [-0.15, -0.1) is 0 Å². The van der Waals surface area contributed by atoms with Crippen LogP contribution in [-0.2, 0) is 16.0 Å². The van der Waals surface area contributed by atoms with Gasteiger partial charge in [0.05, 0.1) is 12.0 Å². The van der Waals surface area contributed by atoms with Crippen LogP contribution >= 0.6 is 0 Å². The van der Waals surface area contributed by atoms with Gasteiger partial charge in [0.1, 0.15) is 5.82 Å². The zero-order valence-corrected chi connectivity index (χ0v) is 12.5. The van der Waals surface area contributed by atoms with Gasteiger partial charge < -0.3 is 10.8 Å². The minimum atomic E-state index is -1.09. The Balaban J connectivity index is 2.07. The molecule has 4 nitrogen and oxygen atoms in total. The van der Waals surface area contributed by atoms with Crippen molar-refractivity contribution in [2.75, 3.05) is 0 Å². The summed E-state index contributed by atoms with van der Waals surface area (Å²) >= 11 is 0. The highest BCUT2D eigenvalue weighted by atomic mass is 19.1. The Bertz CT molecular complexity index is 688. The molecule has 2 aromatic carbocycles. The second-order valence-electron chi connectivity index (χ2n) is 5.43. The molecule has 0 aliphatic rings. The van der Waals surface area contributed by atoms with E-state index in [9.17, 15) is 19.1 Å². The minimum absolute atomic E-state index is 0.0837. The van der Waals surface area contributed by atoms with Crippen LogP contribution in [0.5, 0.6) is 0 Å². The Morgan fingerprint density at radius 3 is 2.39 bits per heavy atom. The maximum atomic E-state index is 13.2. The lowest BCUT2D eigenvalue weighted by Crippen LogP contribution is -2.27. The lowest BCUT2D eigenvalue weighted by molar-refractivity contribution is -0.143. The summed E-state index contributed by atoms with van der Waals surface area (Å²) < 4.78 is 13.2. The molecule has 0 fully saturated rings. The third kappa shape index (κ3) is 4.72. The number of rotatable bonds is 7. The van der Waals surface area contributed by atoms with Crippen LogP contribution in [0.15, 0.2) is 54.6 Å². The standard InChI is InChI=1S/C18H18FNO3/c19-15-8-4-5-12(10-15)9-14(18(22)23)11-16(21)17(20)13-6-2-1-3-7-13/h1-8,10,14,17H,9,11,20H2,(H,22,23)/t14?,17-/m0/s1. The van der Waals surface area contributed by atoms with E-state index in [0.29, 0.717) is 11.1 Å². The summed E-state index contributed by atoms with van der Waals surface area (Å²) in [7, 11) is 0. The number of ketones is 1. The number of carboxylic acid groups (broad SMARTS) is 1. The lowest BCUT2D eigenvalue weighted by Gasteiger charge is -2.15. The quantitative estimate of drug-likeness (QED) is 0.823. The molecule has 5 heteroatoms. The molecule has 2 aromatic rings. The summed E-state index contributed by atoms with van der Waals surface area (Å²) in [5.41, 5.74) is 7.09. The molecule has 0 saturated carbocycles. The Kier molecular flexibility index (Phi) is 5.60. The zero-order chi connectivity index (χ0) is 16.8. The van der Waals surface area contributed by atoms with Crippen LogP contribution in [0.2, 0.25) is 0 Å². The molecule has 0 aromatic heterocycles. The van der Waals surface area contributed by atoms with E-state index < -0.39 is 23.7 Å². The van der Waals surface area contributed by atoms with Crippen LogP contribution in [0, 0.1) is 11.7 Å². The molecule has 0 amide bonds. The van der Waals surface area contributed by atoms with E-state index in [4.69, 9.17) is 5.73 Å². The Labute approximate surface area is 133 Å². The number of hydrogen-bond donors (Lipinski definition) is 2. The third-order valence-corrected chi connectivity index (χ3v) is 3.67. The SMILES string of the molecule is N[C@H](C(=O)CC(Cc1cccc(F)c1)C(=O)O)c1ccccc1. The fourth-order valence-corrected chi connectivity index (χ4v) is 2.41. The van der Waals surface area contributed by atoms with Crippen molar-refractivity contribution in [3.63, 3.8) is 0 Å². The number of nitrogens with two attached hydrogens (primary N) is 1. The molecule has 0 saturated heterocycles. The van der Waals surface area contributed by atoms with E-state index in [0.717, 1.165) is 0 Å². The lowest BCUT2D eigenvalue weighted by atomic mass is 9.90. The first-order chi connectivity index (χ1) is 11.0. The van der Waals surface area contributed by atoms with Crippen molar-refractivity contribution >= 4 is 11.8 Å². The van der Waals surface area contributed by atoms with E-state index in [1.54, 1.807) is 30.3 Å². The highest BCUT2D eigenvalue weighted by Gasteiger charge is 2.25. The molecule has 120 valence electrons. The number of carboxylic acids is 1. The van der Waals surface area contributed by atoms with Crippen LogP contribution in [0.1, 0.15) is 23.6 Å². The summed E-state index contributed by atoms with van der Waals surface area (Å²) in [4.78, 5) is 23.6. The maximum absolute atomic E-state index is 13.2. The van der Waals surface area contributed by atoms with Gasteiger partial charge in [-0.2, -0.15) is 0 Å². The van der Waals surface area contributed by atoms with Gasteiger partial charge in [-0.3, -0.25) is 9.59 Å². The van der Waals surface area contributed by atoms with Crippen molar-refractivity contribution in [3.8, 4) is 0 Å². The molecule has 1 unspecified atom stereocenters.